The van der Waals surface area contributed by atoms with Crippen LogP contribution in [0.25, 0.3) is 0 Å². The minimum Gasteiger partial charge on any atom is -0.491 e. The standard InChI is InChI=1S/C16H19NO3S/c1-10(2)20-13-4-5-15(11(3)6-13)17-8-14-7-12(9-21-14)16(18)19/h4-7,9-10,17H,8H2,1-3H3,(H,18,19). The Bertz CT molecular complexity index is 634. The van der Waals surface area contributed by atoms with Crippen molar-refractivity contribution in [1.29, 1.82) is 0 Å². The second-order valence-electron chi connectivity index (χ2n) is 5.10. The van der Waals surface area contributed by atoms with E-state index in [4.69, 9.17) is 9.84 Å². The molecule has 0 saturated carbocycles. The highest BCUT2D eigenvalue weighted by molar-refractivity contribution is 7.10. The van der Waals surface area contributed by atoms with Gasteiger partial charge in [-0.3, -0.25) is 0 Å². The van der Waals surface area contributed by atoms with Crippen LogP contribution in [0.3, 0.4) is 0 Å². The molecule has 1 aromatic carbocycles. The second-order valence-corrected chi connectivity index (χ2v) is 6.10. The van der Waals surface area contributed by atoms with E-state index in [1.165, 1.54) is 11.3 Å². The highest BCUT2D eigenvalue weighted by Gasteiger charge is 2.07. The number of carboxylic acids is 1. The molecule has 0 bridgehead atoms. The molecule has 0 aliphatic heterocycles. The monoisotopic (exact) mass is 305 g/mol. The summed E-state index contributed by atoms with van der Waals surface area (Å²) >= 11 is 1.45. The number of thiophene rings is 1. The third-order valence-corrected chi connectivity index (χ3v) is 3.86. The molecule has 0 radical (unpaired) electrons. The van der Waals surface area contributed by atoms with E-state index in [0.717, 1.165) is 21.9 Å². The van der Waals surface area contributed by atoms with Gasteiger partial charge in [0.05, 0.1) is 11.7 Å². The summed E-state index contributed by atoms with van der Waals surface area (Å²) in [5.41, 5.74) is 2.47. The first-order chi connectivity index (χ1) is 9.95. The minimum atomic E-state index is -0.885. The van der Waals surface area contributed by atoms with Crippen molar-refractivity contribution in [2.24, 2.45) is 0 Å². The normalized spacial score (nSPS) is 10.7. The zero-order valence-corrected chi connectivity index (χ0v) is 13.2. The number of rotatable bonds is 6. The lowest BCUT2D eigenvalue weighted by Gasteiger charge is -2.13. The third kappa shape index (κ3) is 4.23. The Morgan fingerprint density at radius 2 is 2.14 bits per heavy atom. The quantitative estimate of drug-likeness (QED) is 0.841. The number of ether oxygens (including phenoxy) is 1. The van der Waals surface area contributed by atoms with E-state index in [-0.39, 0.29) is 6.10 Å². The Labute approximate surface area is 128 Å². The smallest absolute Gasteiger partial charge is 0.336 e. The first-order valence-electron chi connectivity index (χ1n) is 6.77. The maximum Gasteiger partial charge on any atom is 0.336 e. The van der Waals surface area contributed by atoms with Crippen LogP contribution in [0.1, 0.15) is 34.6 Å². The van der Waals surface area contributed by atoms with Crippen LogP contribution in [0.15, 0.2) is 29.6 Å². The van der Waals surface area contributed by atoms with E-state index in [1.807, 2.05) is 39.0 Å². The Hall–Kier alpha value is -2.01. The molecule has 2 aromatic rings. The zero-order chi connectivity index (χ0) is 15.4. The third-order valence-electron chi connectivity index (χ3n) is 2.92. The molecule has 1 aromatic heterocycles. The molecule has 0 aliphatic carbocycles. The molecule has 0 atom stereocenters. The van der Waals surface area contributed by atoms with Crippen LogP contribution in [0.4, 0.5) is 5.69 Å². The number of hydrogen-bond donors (Lipinski definition) is 2. The molecular formula is C16H19NO3S. The minimum absolute atomic E-state index is 0.156. The van der Waals surface area contributed by atoms with Crippen molar-refractivity contribution in [1.82, 2.24) is 0 Å². The number of aryl methyl sites for hydroxylation is 1. The molecule has 0 unspecified atom stereocenters. The lowest BCUT2D eigenvalue weighted by molar-refractivity contribution is 0.0697. The van der Waals surface area contributed by atoms with Crippen LogP contribution >= 0.6 is 11.3 Å². The van der Waals surface area contributed by atoms with Gasteiger partial charge in [-0.05, 0) is 50.6 Å². The molecular weight excluding hydrogens is 286 g/mol. The summed E-state index contributed by atoms with van der Waals surface area (Å²) < 4.78 is 5.65. The number of aromatic carboxylic acids is 1. The summed E-state index contributed by atoms with van der Waals surface area (Å²) in [7, 11) is 0. The molecule has 5 heteroatoms. The van der Waals surface area contributed by atoms with Crippen molar-refractivity contribution in [3.05, 3.63) is 45.6 Å². The molecule has 4 nitrogen and oxygen atoms in total. The number of anilines is 1. The molecule has 0 amide bonds. The Kier molecular flexibility index (Phi) is 4.85. The molecule has 2 rings (SSSR count). The number of carbonyl (C=O) groups is 1. The fraction of sp³-hybridized carbons (Fsp3) is 0.312. The number of nitrogens with one attached hydrogen (secondary N) is 1. The van der Waals surface area contributed by atoms with Gasteiger partial charge in [-0.1, -0.05) is 0 Å². The number of carboxylic acid groups (broad SMARTS) is 1. The van der Waals surface area contributed by atoms with E-state index in [9.17, 15) is 4.79 Å². The summed E-state index contributed by atoms with van der Waals surface area (Å²) in [6.45, 7) is 6.63. The largest absolute Gasteiger partial charge is 0.491 e. The van der Waals surface area contributed by atoms with Gasteiger partial charge in [0.1, 0.15) is 5.75 Å². The van der Waals surface area contributed by atoms with Crippen molar-refractivity contribution in [3.8, 4) is 5.75 Å². The van der Waals surface area contributed by atoms with E-state index in [1.54, 1.807) is 11.4 Å². The lowest BCUT2D eigenvalue weighted by atomic mass is 10.2. The first kappa shape index (κ1) is 15.4. The summed E-state index contributed by atoms with van der Waals surface area (Å²) in [4.78, 5) is 11.8. The van der Waals surface area contributed by atoms with Gasteiger partial charge in [0, 0.05) is 22.5 Å². The molecule has 2 N–H and O–H groups in total. The van der Waals surface area contributed by atoms with Crippen molar-refractivity contribution in [3.63, 3.8) is 0 Å². The average Bonchev–Trinajstić information content (AvgIpc) is 2.86. The summed E-state index contributed by atoms with van der Waals surface area (Å²) in [6.07, 6.45) is 0.156. The highest BCUT2D eigenvalue weighted by Crippen LogP contribution is 2.23. The van der Waals surface area contributed by atoms with E-state index < -0.39 is 5.97 Å². The van der Waals surface area contributed by atoms with E-state index in [2.05, 4.69) is 5.32 Å². The maximum absolute atomic E-state index is 10.8. The fourth-order valence-electron chi connectivity index (χ4n) is 1.95. The van der Waals surface area contributed by atoms with Gasteiger partial charge in [0.15, 0.2) is 0 Å². The van der Waals surface area contributed by atoms with Gasteiger partial charge in [-0.2, -0.15) is 0 Å². The lowest BCUT2D eigenvalue weighted by Crippen LogP contribution is -2.06. The van der Waals surface area contributed by atoms with Crippen LogP contribution in [0, 0.1) is 6.92 Å². The van der Waals surface area contributed by atoms with Crippen LogP contribution in [0.5, 0.6) is 5.75 Å². The van der Waals surface area contributed by atoms with Gasteiger partial charge in [-0.15, -0.1) is 11.3 Å². The summed E-state index contributed by atoms with van der Waals surface area (Å²) in [5.74, 6) is -0.0267. The summed E-state index contributed by atoms with van der Waals surface area (Å²) in [6, 6.07) is 7.62. The van der Waals surface area contributed by atoms with Gasteiger partial charge < -0.3 is 15.2 Å². The first-order valence-corrected chi connectivity index (χ1v) is 7.65. The fourth-order valence-corrected chi connectivity index (χ4v) is 2.75. The van der Waals surface area contributed by atoms with Crippen molar-refractivity contribution in [2.75, 3.05) is 5.32 Å². The van der Waals surface area contributed by atoms with Gasteiger partial charge in [0.2, 0.25) is 0 Å². The SMILES string of the molecule is Cc1cc(OC(C)C)ccc1NCc1cc(C(=O)O)cs1. The predicted octanol–water partition coefficient (Wildman–Crippen LogP) is 4.15. The number of hydrogen-bond acceptors (Lipinski definition) is 4. The van der Waals surface area contributed by atoms with Crippen LogP contribution in [-0.2, 0) is 6.54 Å². The molecule has 0 spiro atoms. The van der Waals surface area contributed by atoms with Crippen LogP contribution < -0.4 is 10.1 Å². The molecule has 0 fully saturated rings. The highest BCUT2D eigenvalue weighted by atomic mass is 32.1. The molecule has 0 aliphatic rings. The van der Waals surface area contributed by atoms with Gasteiger partial charge in [-0.25, -0.2) is 4.79 Å². The van der Waals surface area contributed by atoms with E-state index >= 15 is 0 Å². The average molecular weight is 305 g/mol. The van der Waals surface area contributed by atoms with Crippen LogP contribution in [-0.4, -0.2) is 17.2 Å². The molecule has 112 valence electrons. The zero-order valence-electron chi connectivity index (χ0n) is 12.3. The molecule has 0 saturated heterocycles. The topological polar surface area (TPSA) is 58.6 Å². The predicted molar refractivity (Wildman–Crippen MR) is 85.5 cm³/mol. The van der Waals surface area contributed by atoms with Gasteiger partial charge in [0.25, 0.3) is 0 Å². The van der Waals surface area contributed by atoms with Crippen LogP contribution in [0.2, 0.25) is 0 Å². The summed E-state index contributed by atoms with van der Waals surface area (Å²) in [5, 5.41) is 13.9. The van der Waals surface area contributed by atoms with Crippen molar-refractivity contribution in [2.45, 2.75) is 33.4 Å². The van der Waals surface area contributed by atoms with Crippen molar-refractivity contribution >= 4 is 23.0 Å². The maximum atomic E-state index is 10.8. The van der Waals surface area contributed by atoms with Gasteiger partial charge >= 0.3 is 5.97 Å². The molecule has 1 heterocycles. The Morgan fingerprint density at radius 1 is 1.38 bits per heavy atom. The van der Waals surface area contributed by atoms with E-state index in [0.29, 0.717) is 12.1 Å². The van der Waals surface area contributed by atoms with Crippen molar-refractivity contribution < 1.29 is 14.6 Å². The Morgan fingerprint density at radius 3 is 2.71 bits per heavy atom. The second kappa shape index (κ2) is 6.63. The number of benzene rings is 1. The Balaban J connectivity index is 2.00. The molecule has 21 heavy (non-hydrogen) atoms.